The Morgan fingerprint density at radius 2 is 2.10 bits per heavy atom. The Kier molecular flexibility index (Phi) is 5.73. The number of ether oxygens (including phenoxy) is 1. The van der Waals surface area contributed by atoms with Crippen molar-refractivity contribution in [1.29, 1.82) is 0 Å². The number of hydrogen-bond acceptors (Lipinski definition) is 5. The first-order valence-corrected chi connectivity index (χ1v) is 8.75. The number of carbonyl (C=O) groups is 1. The van der Waals surface area contributed by atoms with E-state index in [4.69, 9.17) is 12.3 Å². The average Bonchev–Trinajstić information content (AvgIpc) is 2.71. The number of pyridine rings is 1. The third kappa shape index (κ3) is 3.96. The van der Waals surface area contributed by atoms with Gasteiger partial charge < -0.3 is 10.5 Å². The number of nitrogens with zero attached hydrogens (tertiary/aromatic N) is 3. The van der Waals surface area contributed by atoms with Crippen molar-refractivity contribution in [3.05, 3.63) is 70.6 Å². The first-order valence-electron chi connectivity index (χ1n) is 8.75. The molecule has 1 aliphatic rings. The number of nitrogens with two attached hydrogens (primary N) is 1. The van der Waals surface area contributed by atoms with E-state index in [-0.39, 0.29) is 23.4 Å². The van der Waals surface area contributed by atoms with Crippen LogP contribution >= 0.6 is 0 Å². The summed E-state index contributed by atoms with van der Waals surface area (Å²) in [4.78, 5) is 23.3. The molecule has 6 nitrogen and oxygen atoms in total. The third-order valence-corrected chi connectivity index (χ3v) is 4.78. The summed E-state index contributed by atoms with van der Waals surface area (Å²) in [6.45, 7) is 8.03. The molecule has 0 amide bonds. The van der Waals surface area contributed by atoms with E-state index in [9.17, 15) is 22.4 Å². The Hall–Kier alpha value is -3.48. The molecule has 30 heavy (non-hydrogen) atoms. The summed E-state index contributed by atoms with van der Waals surface area (Å²) in [6, 6.07) is 5.65. The highest BCUT2D eigenvalue weighted by molar-refractivity contribution is 5.96. The van der Waals surface area contributed by atoms with E-state index >= 15 is 0 Å². The normalized spacial score (nSPS) is 23.4. The van der Waals surface area contributed by atoms with E-state index in [0.717, 1.165) is 13.0 Å². The quantitative estimate of drug-likeness (QED) is 0.454. The molecule has 1 aromatic heterocycles. The molecule has 10 heteroatoms. The van der Waals surface area contributed by atoms with Gasteiger partial charge in [0.05, 0.1) is 6.57 Å². The van der Waals surface area contributed by atoms with Gasteiger partial charge in [-0.3, -0.25) is 9.78 Å². The van der Waals surface area contributed by atoms with E-state index in [2.05, 4.69) is 19.6 Å². The molecular formula is C20H16F4N4O2. The zero-order chi connectivity index (χ0) is 22.1. The monoisotopic (exact) mass is 420 g/mol. The lowest BCUT2D eigenvalue weighted by atomic mass is 9.83. The molecule has 2 heterocycles. The molecule has 0 unspecified atom stereocenters. The van der Waals surface area contributed by atoms with Crippen LogP contribution in [0.4, 0.5) is 23.2 Å². The maximum absolute atomic E-state index is 14.9. The number of carbonyl (C=O) groups excluding carboxylic acids is 1. The third-order valence-electron chi connectivity index (χ3n) is 4.78. The molecule has 1 aromatic carbocycles. The zero-order valence-electron chi connectivity index (χ0n) is 15.7. The molecule has 2 N–H and O–H groups in total. The number of aromatic nitrogens is 1. The van der Waals surface area contributed by atoms with E-state index in [0.29, 0.717) is 5.56 Å². The molecule has 3 atom stereocenters. The minimum atomic E-state index is -3.20. The van der Waals surface area contributed by atoms with Crippen LogP contribution in [0.2, 0.25) is 0 Å². The molecular weight excluding hydrogens is 404 g/mol. The molecule has 0 radical (unpaired) electrons. The second-order valence-corrected chi connectivity index (χ2v) is 6.84. The predicted octanol–water partition coefficient (Wildman–Crippen LogP) is 3.73. The highest BCUT2D eigenvalue weighted by Crippen LogP contribution is 2.40. The second-order valence-electron chi connectivity index (χ2n) is 6.84. The van der Waals surface area contributed by atoms with Gasteiger partial charge in [0.1, 0.15) is 17.1 Å². The summed E-state index contributed by atoms with van der Waals surface area (Å²) >= 11 is 0. The number of hydrogen-bond donors (Lipinski definition) is 1. The summed E-state index contributed by atoms with van der Waals surface area (Å²) in [5.74, 6) is -1.31. The number of halogens is 4. The average molecular weight is 420 g/mol. The van der Waals surface area contributed by atoms with Crippen LogP contribution < -0.4 is 5.73 Å². The highest BCUT2D eigenvalue weighted by atomic mass is 19.3. The summed E-state index contributed by atoms with van der Waals surface area (Å²) in [6.07, 6.45) is -6.76. The van der Waals surface area contributed by atoms with E-state index in [1.54, 1.807) is 0 Å². The fourth-order valence-electron chi connectivity index (χ4n) is 3.19. The van der Waals surface area contributed by atoms with Gasteiger partial charge in [0.25, 0.3) is 12.4 Å². The van der Waals surface area contributed by atoms with Gasteiger partial charge in [-0.25, -0.2) is 27.4 Å². The SMILES string of the molecule is [C-]#[N+]c1ccc(C(=O)Cc2ccc(F)c([C@@]3(C)N=C(N)O[C@H](C(F)F)[C@@H]3F)c2)nc1. The van der Waals surface area contributed by atoms with Crippen molar-refractivity contribution in [3.63, 3.8) is 0 Å². The Morgan fingerprint density at radius 1 is 1.37 bits per heavy atom. The Morgan fingerprint density at radius 3 is 2.70 bits per heavy atom. The molecule has 156 valence electrons. The highest BCUT2D eigenvalue weighted by Gasteiger charge is 2.51. The number of alkyl halides is 3. The molecule has 1 aliphatic heterocycles. The summed E-state index contributed by atoms with van der Waals surface area (Å²) in [7, 11) is 0. The van der Waals surface area contributed by atoms with Crippen LogP contribution in [0.5, 0.6) is 0 Å². The van der Waals surface area contributed by atoms with Crippen LogP contribution in [0.1, 0.15) is 28.5 Å². The Labute approximate surface area is 169 Å². The van der Waals surface area contributed by atoms with Gasteiger partial charge in [-0.2, -0.15) is 0 Å². The standard InChI is InChI=1S/C20H16F4N4O2/c1-20(17(22)16(18(23)24)30-19(25)28-20)12-7-10(3-5-13(12)21)8-15(29)14-6-4-11(26-2)9-27-14/h3-7,9,16-18H,8H2,1H3,(H2,25,28)/t16-,17-,20+/m0/s1. The molecule has 0 bridgehead atoms. The Bertz CT molecular complexity index is 1040. The van der Waals surface area contributed by atoms with Gasteiger partial charge in [-0.15, -0.1) is 0 Å². The van der Waals surface area contributed by atoms with Gasteiger partial charge in [0.15, 0.2) is 18.1 Å². The van der Waals surface area contributed by atoms with Crippen LogP contribution in [0, 0.1) is 12.4 Å². The van der Waals surface area contributed by atoms with Crippen molar-refractivity contribution in [2.45, 2.75) is 37.6 Å². The predicted molar refractivity (Wildman–Crippen MR) is 99.7 cm³/mol. The van der Waals surface area contributed by atoms with Crippen molar-refractivity contribution in [2.24, 2.45) is 10.7 Å². The van der Waals surface area contributed by atoms with Crippen LogP contribution in [-0.4, -0.2) is 35.5 Å². The molecule has 2 aromatic rings. The van der Waals surface area contributed by atoms with Crippen molar-refractivity contribution in [2.75, 3.05) is 0 Å². The van der Waals surface area contributed by atoms with Crippen molar-refractivity contribution >= 4 is 17.5 Å². The summed E-state index contributed by atoms with van der Waals surface area (Å²) in [5.41, 5.74) is 3.69. The zero-order valence-corrected chi connectivity index (χ0v) is 15.7. The lowest BCUT2D eigenvalue weighted by Gasteiger charge is -2.38. The van der Waals surface area contributed by atoms with Crippen molar-refractivity contribution in [3.8, 4) is 0 Å². The van der Waals surface area contributed by atoms with Crippen LogP contribution in [0.25, 0.3) is 4.85 Å². The molecule has 0 saturated carbocycles. The van der Waals surface area contributed by atoms with E-state index < -0.39 is 41.9 Å². The fourth-order valence-corrected chi connectivity index (χ4v) is 3.19. The van der Waals surface area contributed by atoms with Gasteiger partial charge in [-0.05, 0) is 30.7 Å². The minimum absolute atomic E-state index is 0.0916. The van der Waals surface area contributed by atoms with E-state index in [1.807, 2.05) is 0 Å². The van der Waals surface area contributed by atoms with Crippen molar-refractivity contribution in [1.82, 2.24) is 4.98 Å². The molecule has 0 aliphatic carbocycles. The topological polar surface area (TPSA) is 81.9 Å². The first kappa shape index (κ1) is 21.2. The van der Waals surface area contributed by atoms with Crippen LogP contribution in [-0.2, 0) is 16.7 Å². The number of aliphatic imine (C=N–C) groups is 1. The van der Waals surface area contributed by atoms with Gasteiger partial charge in [0.2, 0.25) is 5.69 Å². The lowest BCUT2D eigenvalue weighted by Crippen LogP contribution is -2.52. The number of amidine groups is 1. The number of Topliss-reactive ketones (excluding diaryl/α,β-unsaturated/α-hetero) is 1. The largest absolute Gasteiger partial charge is 0.453 e. The Balaban J connectivity index is 1.94. The fraction of sp³-hybridized carbons (Fsp3) is 0.300. The number of benzene rings is 1. The summed E-state index contributed by atoms with van der Waals surface area (Å²) in [5, 5.41) is 0. The molecule has 0 spiro atoms. The van der Waals surface area contributed by atoms with Crippen molar-refractivity contribution < 1.29 is 27.1 Å². The smallest absolute Gasteiger partial charge is 0.283 e. The van der Waals surface area contributed by atoms with Crippen LogP contribution in [0.15, 0.2) is 41.5 Å². The van der Waals surface area contributed by atoms with Gasteiger partial charge in [-0.1, -0.05) is 12.1 Å². The van der Waals surface area contributed by atoms with Gasteiger partial charge in [0, 0.05) is 18.2 Å². The maximum atomic E-state index is 14.9. The molecule has 0 fully saturated rings. The molecule has 3 rings (SSSR count). The van der Waals surface area contributed by atoms with E-state index in [1.165, 1.54) is 30.5 Å². The van der Waals surface area contributed by atoms with Crippen LogP contribution in [0.3, 0.4) is 0 Å². The second kappa shape index (κ2) is 8.10. The lowest BCUT2D eigenvalue weighted by molar-refractivity contribution is -0.0741. The van der Waals surface area contributed by atoms with Gasteiger partial charge >= 0.3 is 0 Å². The summed E-state index contributed by atoms with van der Waals surface area (Å²) < 4.78 is 60.3. The minimum Gasteiger partial charge on any atom is -0.453 e. The number of rotatable bonds is 5. The maximum Gasteiger partial charge on any atom is 0.283 e. The number of ketones is 1. The molecule has 0 saturated heterocycles. The first-order chi connectivity index (χ1) is 14.2.